The van der Waals surface area contributed by atoms with E-state index < -0.39 is 0 Å². The van der Waals surface area contributed by atoms with Gasteiger partial charge in [-0.25, -0.2) is 0 Å². The van der Waals surface area contributed by atoms with E-state index in [1.807, 2.05) is 35.2 Å². The van der Waals surface area contributed by atoms with Gasteiger partial charge in [0.25, 0.3) is 0 Å². The normalized spacial score (nSPS) is 18.5. The number of nitrogens with one attached hydrogen (secondary N) is 2. The molecule has 1 atom stereocenters. The van der Waals surface area contributed by atoms with Crippen LogP contribution in [-0.4, -0.2) is 43.0 Å². The Bertz CT molecular complexity index is 871. The molecule has 2 heterocycles. The molecule has 0 bridgehead atoms. The van der Waals surface area contributed by atoms with E-state index >= 15 is 0 Å². The molecular formula is C23H28N4O2. The highest BCUT2D eigenvalue weighted by molar-refractivity contribution is 5.80. The van der Waals surface area contributed by atoms with Crippen molar-refractivity contribution in [2.75, 3.05) is 20.1 Å². The summed E-state index contributed by atoms with van der Waals surface area (Å²) in [4.78, 5) is 18.2. The maximum absolute atomic E-state index is 12.0. The van der Waals surface area contributed by atoms with Gasteiger partial charge < -0.3 is 20.3 Å². The van der Waals surface area contributed by atoms with E-state index in [1.54, 1.807) is 7.05 Å². The first kappa shape index (κ1) is 19.3. The molecule has 0 spiro atoms. The van der Waals surface area contributed by atoms with Crippen LogP contribution < -0.4 is 15.4 Å². The summed E-state index contributed by atoms with van der Waals surface area (Å²) in [7, 11) is 1.77. The van der Waals surface area contributed by atoms with E-state index in [2.05, 4.69) is 33.8 Å². The van der Waals surface area contributed by atoms with Gasteiger partial charge in [-0.05, 0) is 29.2 Å². The fourth-order valence-corrected chi connectivity index (χ4v) is 3.94. The number of carbonyl (C=O) groups excluding carboxylic acids is 1. The number of carbonyl (C=O) groups is 1. The number of para-hydroxylation sites is 1. The fraction of sp³-hybridized carbons (Fsp3) is 0.391. The number of guanidine groups is 1. The number of likely N-dealkylation sites (tertiary alicyclic amines) is 1. The van der Waals surface area contributed by atoms with Gasteiger partial charge in [-0.2, -0.15) is 0 Å². The van der Waals surface area contributed by atoms with Gasteiger partial charge in [-0.3, -0.25) is 9.79 Å². The highest BCUT2D eigenvalue weighted by Gasteiger charge is 2.23. The van der Waals surface area contributed by atoms with Crippen LogP contribution in [0.1, 0.15) is 29.5 Å². The van der Waals surface area contributed by atoms with E-state index in [0.29, 0.717) is 26.1 Å². The minimum absolute atomic E-state index is 0.111. The summed E-state index contributed by atoms with van der Waals surface area (Å²) < 4.78 is 5.99. The predicted molar refractivity (Wildman–Crippen MR) is 114 cm³/mol. The monoisotopic (exact) mass is 392 g/mol. The molecule has 29 heavy (non-hydrogen) atoms. The van der Waals surface area contributed by atoms with Crippen LogP contribution in [0.15, 0.2) is 53.5 Å². The molecule has 0 aromatic heterocycles. The third-order valence-corrected chi connectivity index (χ3v) is 5.53. The highest BCUT2D eigenvalue weighted by Crippen LogP contribution is 2.27. The van der Waals surface area contributed by atoms with Crippen LogP contribution in [0.25, 0.3) is 0 Å². The van der Waals surface area contributed by atoms with Crippen LogP contribution in [0.3, 0.4) is 0 Å². The molecule has 1 unspecified atom stereocenters. The molecule has 2 aliphatic rings. The Kier molecular flexibility index (Phi) is 5.98. The average Bonchev–Trinajstić information content (AvgIpc) is 3.35. The van der Waals surface area contributed by atoms with Gasteiger partial charge in [0.2, 0.25) is 5.91 Å². The summed E-state index contributed by atoms with van der Waals surface area (Å²) in [6.45, 7) is 2.88. The number of benzene rings is 2. The van der Waals surface area contributed by atoms with Gasteiger partial charge in [0.1, 0.15) is 11.9 Å². The van der Waals surface area contributed by atoms with Gasteiger partial charge in [0, 0.05) is 39.5 Å². The molecule has 2 aromatic rings. The van der Waals surface area contributed by atoms with Gasteiger partial charge in [-0.1, -0.05) is 42.5 Å². The standard InChI is InChI=1S/C23H28N4O2/c1-24-23(26-15-20-13-17-7-4-5-10-21(17)29-20)25-14-18-8-2-3-9-19(18)16-27-12-6-11-22(27)28/h2-5,7-10,20H,6,11-16H2,1H3,(H2,24,25,26). The van der Waals surface area contributed by atoms with Gasteiger partial charge in [0.15, 0.2) is 5.96 Å². The predicted octanol–water partition coefficient (Wildman–Crippen LogP) is 2.48. The quantitative estimate of drug-likeness (QED) is 0.586. The van der Waals surface area contributed by atoms with Crippen molar-refractivity contribution in [1.82, 2.24) is 15.5 Å². The van der Waals surface area contributed by atoms with Crippen LogP contribution in [0.5, 0.6) is 5.75 Å². The van der Waals surface area contributed by atoms with Crippen molar-refractivity contribution in [3.8, 4) is 5.75 Å². The average molecular weight is 393 g/mol. The molecule has 0 saturated carbocycles. The van der Waals surface area contributed by atoms with Crippen LogP contribution >= 0.6 is 0 Å². The van der Waals surface area contributed by atoms with Crippen molar-refractivity contribution in [2.24, 2.45) is 4.99 Å². The number of rotatable bonds is 6. The first-order valence-corrected chi connectivity index (χ1v) is 10.3. The number of aliphatic imine (C=N–C) groups is 1. The zero-order valence-electron chi connectivity index (χ0n) is 16.9. The molecule has 1 saturated heterocycles. The summed E-state index contributed by atoms with van der Waals surface area (Å²) in [5, 5.41) is 6.75. The number of fused-ring (bicyclic) bond motifs is 1. The second-order valence-corrected chi connectivity index (χ2v) is 7.55. The summed E-state index contributed by atoms with van der Waals surface area (Å²) >= 11 is 0. The van der Waals surface area contributed by atoms with E-state index in [-0.39, 0.29) is 12.0 Å². The first-order valence-electron chi connectivity index (χ1n) is 10.3. The lowest BCUT2D eigenvalue weighted by Gasteiger charge is -2.19. The maximum atomic E-state index is 12.0. The smallest absolute Gasteiger partial charge is 0.222 e. The number of hydrogen-bond donors (Lipinski definition) is 2. The maximum Gasteiger partial charge on any atom is 0.222 e. The minimum atomic E-state index is 0.111. The van der Waals surface area contributed by atoms with Crippen LogP contribution in [-0.2, 0) is 24.3 Å². The van der Waals surface area contributed by atoms with E-state index in [4.69, 9.17) is 4.74 Å². The lowest BCUT2D eigenvalue weighted by molar-refractivity contribution is -0.128. The van der Waals surface area contributed by atoms with Crippen molar-refractivity contribution < 1.29 is 9.53 Å². The largest absolute Gasteiger partial charge is 0.488 e. The molecule has 152 valence electrons. The first-order chi connectivity index (χ1) is 14.2. The fourth-order valence-electron chi connectivity index (χ4n) is 3.94. The number of nitrogens with zero attached hydrogens (tertiary/aromatic N) is 2. The van der Waals surface area contributed by atoms with Crippen molar-refractivity contribution in [3.63, 3.8) is 0 Å². The Hall–Kier alpha value is -3.02. The van der Waals surface area contributed by atoms with Crippen LogP contribution in [0.2, 0.25) is 0 Å². The van der Waals surface area contributed by atoms with E-state index in [9.17, 15) is 4.79 Å². The Morgan fingerprint density at radius 3 is 2.69 bits per heavy atom. The SMILES string of the molecule is CN=C(NCc1ccccc1CN1CCCC1=O)NCC1Cc2ccccc2O1. The molecule has 2 N–H and O–H groups in total. The Morgan fingerprint density at radius 1 is 1.14 bits per heavy atom. The topological polar surface area (TPSA) is 66.0 Å². The Morgan fingerprint density at radius 2 is 1.93 bits per heavy atom. The minimum Gasteiger partial charge on any atom is -0.488 e. The molecule has 6 heteroatoms. The van der Waals surface area contributed by atoms with Crippen LogP contribution in [0, 0.1) is 0 Å². The van der Waals surface area contributed by atoms with Crippen molar-refractivity contribution in [3.05, 3.63) is 65.2 Å². The summed E-state index contributed by atoms with van der Waals surface area (Å²) in [5.41, 5.74) is 3.62. The van der Waals surface area contributed by atoms with Crippen molar-refractivity contribution in [2.45, 2.75) is 38.5 Å². The third kappa shape index (κ3) is 4.70. The van der Waals surface area contributed by atoms with Gasteiger partial charge in [0.05, 0.1) is 6.54 Å². The van der Waals surface area contributed by atoms with Gasteiger partial charge in [-0.15, -0.1) is 0 Å². The molecular weight excluding hydrogens is 364 g/mol. The zero-order valence-corrected chi connectivity index (χ0v) is 16.9. The molecule has 6 nitrogen and oxygen atoms in total. The number of hydrogen-bond acceptors (Lipinski definition) is 3. The lowest BCUT2D eigenvalue weighted by Crippen LogP contribution is -2.42. The molecule has 1 amide bonds. The lowest BCUT2D eigenvalue weighted by atomic mass is 10.1. The third-order valence-electron chi connectivity index (χ3n) is 5.53. The zero-order chi connectivity index (χ0) is 20.1. The molecule has 4 rings (SSSR count). The summed E-state index contributed by atoms with van der Waals surface area (Å²) in [6.07, 6.45) is 2.65. The Balaban J connectivity index is 1.29. The molecule has 2 aromatic carbocycles. The second kappa shape index (κ2) is 8.99. The van der Waals surface area contributed by atoms with Crippen LogP contribution in [0.4, 0.5) is 0 Å². The number of ether oxygens (including phenoxy) is 1. The second-order valence-electron chi connectivity index (χ2n) is 7.55. The highest BCUT2D eigenvalue weighted by atomic mass is 16.5. The summed E-state index contributed by atoms with van der Waals surface area (Å²) in [6, 6.07) is 16.5. The molecule has 0 radical (unpaired) electrons. The number of amides is 1. The summed E-state index contributed by atoms with van der Waals surface area (Å²) in [5.74, 6) is 1.98. The van der Waals surface area contributed by atoms with Crippen molar-refractivity contribution >= 4 is 11.9 Å². The molecule has 0 aliphatic carbocycles. The molecule has 1 fully saturated rings. The van der Waals surface area contributed by atoms with Crippen molar-refractivity contribution in [1.29, 1.82) is 0 Å². The van der Waals surface area contributed by atoms with E-state index in [0.717, 1.165) is 31.1 Å². The Labute approximate surface area is 172 Å². The van der Waals surface area contributed by atoms with Gasteiger partial charge >= 0.3 is 0 Å². The molecule has 2 aliphatic heterocycles. The van der Waals surface area contributed by atoms with E-state index in [1.165, 1.54) is 16.7 Å².